The van der Waals surface area contributed by atoms with Crippen molar-refractivity contribution >= 4 is 11.9 Å². The van der Waals surface area contributed by atoms with E-state index in [1.165, 1.54) is 44.7 Å². The molecule has 1 aromatic carbocycles. The molecule has 4 saturated carbocycles. The van der Waals surface area contributed by atoms with Crippen molar-refractivity contribution in [3.05, 3.63) is 51.8 Å². The van der Waals surface area contributed by atoms with Crippen LogP contribution in [-0.2, 0) is 5.41 Å². The third-order valence-electron chi connectivity index (χ3n) is 6.92. The Kier molecular flexibility index (Phi) is 3.64. The van der Waals surface area contributed by atoms with E-state index in [2.05, 4.69) is 11.2 Å². The molecule has 0 radical (unpaired) electrons. The van der Waals surface area contributed by atoms with Gasteiger partial charge in [-0.3, -0.25) is 10.1 Å². The lowest BCUT2D eigenvalue weighted by Gasteiger charge is -2.57. The topological polar surface area (TPSA) is 88.9 Å². The standard InChI is InChI=1S/C21H22N2O4/c24-22-12-17-2-4-20(27-17)18-3-1-16(8-19(18)23(25)26)21-9-13-5-14(10-21)7-15(6-13)11-21/h1-4,8,12-15,24H,5-7,9-11H2/b22-12-. The van der Waals surface area contributed by atoms with Crippen molar-refractivity contribution in [1.82, 2.24) is 0 Å². The average Bonchev–Trinajstić information content (AvgIpc) is 3.09. The fourth-order valence-corrected chi connectivity index (χ4v) is 6.31. The number of nitrogens with zero attached hydrogens (tertiary/aromatic N) is 2. The highest BCUT2D eigenvalue weighted by Gasteiger charge is 2.51. The van der Waals surface area contributed by atoms with Gasteiger partial charge >= 0.3 is 0 Å². The second-order valence-electron chi connectivity index (χ2n) is 8.63. The maximum Gasteiger partial charge on any atom is 0.280 e. The summed E-state index contributed by atoms with van der Waals surface area (Å²) in [7, 11) is 0. The minimum Gasteiger partial charge on any atom is -0.455 e. The minimum atomic E-state index is -0.318. The first-order chi connectivity index (χ1) is 13.1. The van der Waals surface area contributed by atoms with Gasteiger partial charge in [0.2, 0.25) is 0 Å². The number of nitro benzene ring substituents is 1. The van der Waals surface area contributed by atoms with Gasteiger partial charge in [0.15, 0.2) is 0 Å². The van der Waals surface area contributed by atoms with Crippen LogP contribution in [0.2, 0.25) is 0 Å². The van der Waals surface area contributed by atoms with Crippen LogP contribution in [0.25, 0.3) is 11.3 Å². The van der Waals surface area contributed by atoms with Gasteiger partial charge < -0.3 is 9.62 Å². The Bertz CT molecular complexity index is 895. The summed E-state index contributed by atoms with van der Waals surface area (Å²) in [6, 6.07) is 8.98. The molecule has 6 heteroatoms. The van der Waals surface area contributed by atoms with E-state index in [1.54, 1.807) is 18.2 Å². The van der Waals surface area contributed by atoms with Crippen molar-refractivity contribution in [3.8, 4) is 11.3 Å². The largest absolute Gasteiger partial charge is 0.455 e. The molecule has 140 valence electrons. The van der Waals surface area contributed by atoms with Gasteiger partial charge in [0.1, 0.15) is 17.7 Å². The third-order valence-corrected chi connectivity index (χ3v) is 6.92. The predicted octanol–water partition coefficient (Wildman–Crippen LogP) is 5.13. The zero-order chi connectivity index (χ0) is 18.6. The van der Waals surface area contributed by atoms with E-state index in [-0.39, 0.29) is 16.0 Å². The molecule has 6 nitrogen and oxygen atoms in total. The molecule has 1 N–H and O–H groups in total. The first-order valence-electron chi connectivity index (χ1n) is 9.63. The number of hydrogen-bond donors (Lipinski definition) is 1. The summed E-state index contributed by atoms with van der Waals surface area (Å²) in [6.07, 6.45) is 8.73. The second-order valence-corrected chi connectivity index (χ2v) is 8.63. The Balaban J connectivity index is 1.56. The molecule has 0 saturated heterocycles. The minimum absolute atomic E-state index is 0.0880. The molecular formula is C21H22N2O4. The average molecular weight is 366 g/mol. The fraction of sp³-hybridized carbons (Fsp3) is 0.476. The first kappa shape index (κ1) is 16.5. The van der Waals surface area contributed by atoms with Crippen molar-refractivity contribution in [2.45, 2.75) is 43.9 Å². The van der Waals surface area contributed by atoms with Crippen LogP contribution in [-0.4, -0.2) is 16.3 Å². The molecule has 27 heavy (non-hydrogen) atoms. The third kappa shape index (κ3) is 2.66. The molecule has 4 fully saturated rings. The van der Waals surface area contributed by atoms with Gasteiger partial charge in [-0.05, 0) is 85.5 Å². The van der Waals surface area contributed by atoms with Crippen LogP contribution in [0.15, 0.2) is 39.9 Å². The summed E-state index contributed by atoms with van der Waals surface area (Å²) in [6.45, 7) is 0. The number of hydrogen-bond acceptors (Lipinski definition) is 5. The molecule has 0 spiro atoms. The maximum atomic E-state index is 11.8. The van der Waals surface area contributed by atoms with E-state index >= 15 is 0 Å². The molecule has 4 bridgehead atoms. The van der Waals surface area contributed by atoms with E-state index in [0.717, 1.165) is 23.3 Å². The molecule has 1 aromatic heterocycles. The molecular weight excluding hydrogens is 344 g/mol. The van der Waals surface area contributed by atoms with E-state index < -0.39 is 0 Å². The van der Waals surface area contributed by atoms with Gasteiger partial charge in [-0.2, -0.15) is 0 Å². The molecule has 2 aromatic rings. The van der Waals surface area contributed by atoms with E-state index in [1.807, 2.05) is 6.07 Å². The smallest absolute Gasteiger partial charge is 0.280 e. The van der Waals surface area contributed by atoms with Crippen LogP contribution in [0.1, 0.15) is 49.8 Å². The summed E-state index contributed by atoms with van der Waals surface area (Å²) in [5.74, 6) is 3.14. The van der Waals surface area contributed by atoms with E-state index in [0.29, 0.717) is 17.1 Å². The van der Waals surface area contributed by atoms with Crippen LogP contribution in [0.5, 0.6) is 0 Å². The number of furan rings is 1. The normalized spacial score (nSPS) is 31.6. The molecule has 4 aliphatic rings. The predicted molar refractivity (Wildman–Crippen MR) is 100 cm³/mol. The lowest BCUT2D eigenvalue weighted by atomic mass is 9.48. The molecule has 0 unspecified atom stereocenters. The van der Waals surface area contributed by atoms with Crippen molar-refractivity contribution in [3.63, 3.8) is 0 Å². The Hall–Kier alpha value is -2.63. The summed E-state index contributed by atoms with van der Waals surface area (Å²) in [5, 5.41) is 23.4. The van der Waals surface area contributed by atoms with Gasteiger partial charge in [0.05, 0.1) is 10.5 Å². The summed E-state index contributed by atoms with van der Waals surface area (Å²) >= 11 is 0. The first-order valence-corrected chi connectivity index (χ1v) is 9.63. The van der Waals surface area contributed by atoms with Crippen molar-refractivity contribution in [2.24, 2.45) is 22.9 Å². The second kappa shape index (κ2) is 5.94. The Morgan fingerprint density at radius 1 is 1.11 bits per heavy atom. The van der Waals surface area contributed by atoms with Gasteiger partial charge in [0, 0.05) is 6.07 Å². The lowest BCUT2D eigenvalue weighted by Crippen LogP contribution is -2.48. The quantitative estimate of drug-likeness (QED) is 0.351. The number of oxime groups is 1. The zero-order valence-electron chi connectivity index (χ0n) is 15.0. The molecule has 0 aliphatic heterocycles. The highest BCUT2D eigenvalue weighted by Crippen LogP contribution is 2.61. The van der Waals surface area contributed by atoms with Crippen molar-refractivity contribution in [2.75, 3.05) is 0 Å². The van der Waals surface area contributed by atoms with Crippen LogP contribution < -0.4 is 0 Å². The number of nitro groups is 1. The highest BCUT2D eigenvalue weighted by atomic mass is 16.6. The molecule has 6 rings (SSSR count). The van der Waals surface area contributed by atoms with Crippen LogP contribution in [0.4, 0.5) is 5.69 Å². The summed E-state index contributed by atoms with van der Waals surface area (Å²) in [5.41, 5.74) is 1.80. The lowest BCUT2D eigenvalue weighted by molar-refractivity contribution is -0.384. The molecule has 0 amide bonds. The van der Waals surface area contributed by atoms with Gasteiger partial charge in [-0.1, -0.05) is 11.2 Å². The number of benzene rings is 1. The Labute approximate surface area is 157 Å². The highest BCUT2D eigenvalue weighted by molar-refractivity contribution is 5.78. The van der Waals surface area contributed by atoms with Crippen LogP contribution >= 0.6 is 0 Å². The maximum absolute atomic E-state index is 11.8. The monoisotopic (exact) mass is 366 g/mol. The van der Waals surface area contributed by atoms with Gasteiger partial charge in [-0.25, -0.2) is 0 Å². The van der Waals surface area contributed by atoms with Crippen molar-refractivity contribution in [1.29, 1.82) is 0 Å². The van der Waals surface area contributed by atoms with Crippen LogP contribution in [0.3, 0.4) is 0 Å². The van der Waals surface area contributed by atoms with Crippen molar-refractivity contribution < 1.29 is 14.5 Å². The van der Waals surface area contributed by atoms with Crippen LogP contribution in [0, 0.1) is 27.9 Å². The molecule has 4 aliphatic carbocycles. The molecule has 1 heterocycles. The fourth-order valence-electron chi connectivity index (χ4n) is 6.31. The van der Waals surface area contributed by atoms with E-state index in [4.69, 9.17) is 9.62 Å². The summed E-state index contributed by atoms with van der Waals surface area (Å²) in [4.78, 5) is 11.5. The summed E-state index contributed by atoms with van der Waals surface area (Å²) < 4.78 is 5.58. The Morgan fingerprint density at radius 3 is 2.37 bits per heavy atom. The zero-order valence-corrected chi connectivity index (χ0v) is 15.0. The number of rotatable bonds is 4. The van der Waals surface area contributed by atoms with Gasteiger partial charge in [0.25, 0.3) is 5.69 Å². The van der Waals surface area contributed by atoms with E-state index in [9.17, 15) is 10.1 Å². The molecule has 0 atom stereocenters. The SMILES string of the molecule is O=[N+]([O-])c1cc(C23CC4CC(CC(C4)C2)C3)ccc1-c1ccc(/C=N\O)o1. The Morgan fingerprint density at radius 2 is 1.78 bits per heavy atom. The van der Waals surface area contributed by atoms with Gasteiger partial charge in [-0.15, -0.1) is 0 Å².